The van der Waals surface area contributed by atoms with Gasteiger partial charge in [0.05, 0.1) is 15.6 Å². The Labute approximate surface area is 200 Å². The Balaban J connectivity index is 1.56. The number of hydrogen-bond donors (Lipinski definition) is 1. The van der Waals surface area contributed by atoms with E-state index >= 15 is 0 Å². The second-order valence-electron chi connectivity index (χ2n) is 8.43. The minimum atomic E-state index is -0.438. The minimum Gasteiger partial charge on any atom is -0.488 e. The first-order valence-electron chi connectivity index (χ1n) is 10.2. The van der Waals surface area contributed by atoms with Crippen molar-refractivity contribution < 1.29 is 14.5 Å². The summed E-state index contributed by atoms with van der Waals surface area (Å²) in [5, 5.41) is 14.8. The van der Waals surface area contributed by atoms with Gasteiger partial charge in [0.25, 0.3) is 11.6 Å². The Bertz CT molecular complexity index is 1170. The summed E-state index contributed by atoms with van der Waals surface area (Å²) in [6, 6.07) is 19.1. The molecule has 33 heavy (non-hydrogen) atoms. The van der Waals surface area contributed by atoms with E-state index in [-0.39, 0.29) is 23.6 Å². The normalized spacial score (nSPS) is 11.4. The molecule has 0 radical (unpaired) electrons. The number of nitrogens with one attached hydrogen (secondary N) is 1. The van der Waals surface area contributed by atoms with Crippen molar-refractivity contribution in [2.75, 3.05) is 0 Å². The zero-order valence-electron chi connectivity index (χ0n) is 18.5. The van der Waals surface area contributed by atoms with Gasteiger partial charge in [-0.05, 0) is 80.5 Å². The third-order valence-corrected chi connectivity index (χ3v) is 5.51. The molecule has 0 atom stereocenters. The lowest BCUT2D eigenvalue weighted by Gasteiger charge is -2.18. The maximum atomic E-state index is 12.3. The van der Waals surface area contributed by atoms with Crippen LogP contribution in [0.4, 0.5) is 5.69 Å². The van der Waals surface area contributed by atoms with Gasteiger partial charge in [0.2, 0.25) is 0 Å². The molecule has 0 bridgehead atoms. The van der Waals surface area contributed by atoms with Crippen LogP contribution in [-0.4, -0.2) is 17.0 Å². The summed E-state index contributed by atoms with van der Waals surface area (Å²) in [6.07, 6.45) is 1.55. The number of nitro benzene ring substituents is 1. The lowest BCUT2D eigenvalue weighted by atomic mass is 9.87. The van der Waals surface area contributed by atoms with Crippen LogP contribution in [0.5, 0.6) is 5.75 Å². The Kier molecular flexibility index (Phi) is 7.60. The molecule has 0 aromatic heterocycles. The highest BCUT2D eigenvalue weighted by Gasteiger charge is 2.14. The number of carbonyl (C=O) groups is 1. The summed E-state index contributed by atoms with van der Waals surface area (Å²) >= 11 is 3.47. The molecule has 0 saturated heterocycles. The van der Waals surface area contributed by atoms with Crippen molar-refractivity contribution in [3.63, 3.8) is 0 Å². The summed E-state index contributed by atoms with van der Waals surface area (Å²) in [5.41, 5.74) is 5.88. The van der Waals surface area contributed by atoms with Gasteiger partial charge in [-0.1, -0.05) is 32.9 Å². The summed E-state index contributed by atoms with van der Waals surface area (Å²) in [4.78, 5) is 22.6. The van der Waals surface area contributed by atoms with Crippen LogP contribution in [0.2, 0.25) is 0 Å². The molecule has 3 rings (SSSR count). The second-order valence-corrected chi connectivity index (χ2v) is 9.28. The van der Waals surface area contributed by atoms with E-state index in [2.05, 4.69) is 47.2 Å². The second kappa shape index (κ2) is 10.4. The van der Waals surface area contributed by atoms with Crippen molar-refractivity contribution in [1.29, 1.82) is 0 Å². The van der Waals surface area contributed by atoms with Gasteiger partial charge in [0, 0.05) is 17.7 Å². The van der Waals surface area contributed by atoms with E-state index in [0.29, 0.717) is 11.3 Å². The Morgan fingerprint density at radius 3 is 2.33 bits per heavy atom. The van der Waals surface area contributed by atoms with E-state index in [4.69, 9.17) is 4.74 Å². The highest BCUT2D eigenvalue weighted by molar-refractivity contribution is 9.10. The predicted molar refractivity (Wildman–Crippen MR) is 132 cm³/mol. The highest BCUT2D eigenvalue weighted by atomic mass is 79.9. The van der Waals surface area contributed by atoms with Gasteiger partial charge < -0.3 is 4.74 Å². The molecule has 3 aromatic rings. The first-order chi connectivity index (χ1) is 15.6. The number of nitro groups is 1. The number of hydrogen-bond acceptors (Lipinski definition) is 5. The van der Waals surface area contributed by atoms with Crippen LogP contribution < -0.4 is 10.2 Å². The summed E-state index contributed by atoms with van der Waals surface area (Å²) in [5.74, 6) is 0.335. The Morgan fingerprint density at radius 1 is 1.09 bits per heavy atom. The number of nitrogens with zero attached hydrogens (tertiary/aromatic N) is 2. The number of non-ortho nitro benzene ring substituents is 1. The molecule has 0 fully saturated rings. The van der Waals surface area contributed by atoms with Crippen LogP contribution >= 0.6 is 15.9 Å². The largest absolute Gasteiger partial charge is 0.488 e. The third kappa shape index (κ3) is 6.73. The van der Waals surface area contributed by atoms with E-state index in [0.717, 1.165) is 21.2 Å². The molecule has 0 heterocycles. The number of carbonyl (C=O) groups excluding carboxylic acids is 1. The molecular formula is C25H24BrN3O4. The van der Waals surface area contributed by atoms with Crippen LogP contribution in [0, 0.1) is 10.1 Å². The average molecular weight is 510 g/mol. The van der Waals surface area contributed by atoms with Crippen LogP contribution in [0.3, 0.4) is 0 Å². The van der Waals surface area contributed by atoms with Gasteiger partial charge in [-0.25, -0.2) is 5.43 Å². The van der Waals surface area contributed by atoms with Crippen LogP contribution in [0.25, 0.3) is 0 Å². The molecule has 7 nitrogen and oxygen atoms in total. The lowest BCUT2D eigenvalue weighted by molar-refractivity contribution is -0.384. The molecule has 170 valence electrons. The first-order valence-corrected chi connectivity index (χ1v) is 11.0. The van der Waals surface area contributed by atoms with Crippen molar-refractivity contribution in [2.45, 2.75) is 32.8 Å². The average Bonchev–Trinajstić information content (AvgIpc) is 2.78. The van der Waals surface area contributed by atoms with Gasteiger partial charge in [0.1, 0.15) is 12.4 Å². The smallest absolute Gasteiger partial charge is 0.271 e. The van der Waals surface area contributed by atoms with Gasteiger partial charge in [-0.2, -0.15) is 5.10 Å². The summed E-state index contributed by atoms with van der Waals surface area (Å²) < 4.78 is 6.50. The van der Waals surface area contributed by atoms with Crippen LogP contribution in [-0.2, 0) is 12.0 Å². The fourth-order valence-electron chi connectivity index (χ4n) is 2.94. The molecule has 8 heteroatoms. The lowest BCUT2D eigenvalue weighted by Crippen LogP contribution is -2.18. The SMILES string of the molecule is CC(C)(C)c1ccc(C(=O)N/N=C\c2ccc(OCc3ccc([N+](=O)[O-])cc3)c(Br)c2)cc1. The fourth-order valence-corrected chi connectivity index (χ4v) is 3.45. The topological polar surface area (TPSA) is 93.8 Å². The summed E-state index contributed by atoms with van der Waals surface area (Å²) in [7, 11) is 0. The molecule has 0 spiro atoms. The number of ether oxygens (including phenoxy) is 1. The highest BCUT2D eigenvalue weighted by Crippen LogP contribution is 2.27. The van der Waals surface area contributed by atoms with Crippen molar-refractivity contribution in [3.8, 4) is 5.75 Å². The first kappa shape index (κ1) is 24.1. The molecule has 0 saturated carbocycles. The zero-order valence-corrected chi connectivity index (χ0v) is 20.1. The number of amides is 1. The predicted octanol–water partition coefficient (Wildman–Crippen LogP) is 6.00. The number of hydrazone groups is 1. The monoisotopic (exact) mass is 509 g/mol. The van der Waals surface area contributed by atoms with Crippen LogP contribution in [0.1, 0.15) is 47.8 Å². The van der Waals surface area contributed by atoms with Gasteiger partial charge >= 0.3 is 0 Å². The van der Waals surface area contributed by atoms with E-state index in [1.165, 1.54) is 12.1 Å². The molecule has 0 aliphatic carbocycles. The van der Waals surface area contributed by atoms with Crippen LogP contribution in [0.15, 0.2) is 76.3 Å². The third-order valence-electron chi connectivity index (χ3n) is 4.89. The van der Waals surface area contributed by atoms with E-state index in [1.54, 1.807) is 36.5 Å². The molecular weight excluding hydrogens is 486 g/mol. The zero-order chi connectivity index (χ0) is 24.0. The van der Waals surface area contributed by atoms with E-state index < -0.39 is 4.92 Å². The van der Waals surface area contributed by atoms with E-state index in [9.17, 15) is 14.9 Å². The van der Waals surface area contributed by atoms with Crippen molar-refractivity contribution >= 4 is 33.7 Å². The Hall–Kier alpha value is -3.52. The maximum Gasteiger partial charge on any atom is 0.271 e. The van der Waals surface area contributed by atoms with E-state index in [1.807, 2.05) is 24.3 Å². The molecule has 0 aliphatic heterocycles. The maximum absolute atomic E-state index is 12.3. The Morgan fingerprint density at radius 2 is 1.76 bits per heavy atom. The van der Waals surface area contributed by atoms with Crippen molar-refractivity contribution in [3.05, 3.63) is 104 Å². The molecule has 1 N–H and O–H groups in total. The van der Waals surface area contributed by atoms with Crippen molar-refractivity contribution in [1.82, 2.24) is 5.43 Å². The molecule has 1 amide bonds. The van der Waals surface area contributed by atoms with Gasteiger partial charge in [0.15, 0.2) is 0 Å². The number of rotatable bonds is 7. The standard InChI is InChI=1S/C25H24BrN3O4/c1-25(2,3)20-9-7-19(8-10-20)24(30)28-27-15-18-6-13-23(22(26)14-18)33-16-17-4-11-21(12-5-17)29(31)32/h4-15H,16H2,1-3H3,(H,28,30)/b27-15-. The fraction of sp³-hybridized carbons (Fsp3) is 0.200. The number of halogens is 1. The quantitative estimate of drug-likeness (QED) is 0.240. The van der Waals surface area contributed by atoms with Gasteiger partial charge in [-0.3, -0.25) is 14.9 Å². The number of benzene rings is 3. The summed E-state index contributed by atoms with van der Waals surface area (Å²) in [6.45, 7) is 6.64. The molecule has 3 aromatic carbocycles. The molecule has 0 aliphatic rings. The van der Waals surface area contributed by atoms with Gasteiger partial charge in [-0.15, -0.1) is 0 Å². The minimum absolute atomic E-state index is 0.0261. The van der Waals surface area contributed by atoms with Crippen molar-refractivity contribution in [2.24, 2.45) is 5.10 Å². The molecule has 0 unspecified atom stereocenters.